The zero-order valence-corrected chi connectivity index (χ0v) is 12.0. The van der Waals surface area contributed by atoms with Crippen LogP contribution in [0.15, 0.2) is 0 Å². The van der Waals surface area contributed by atoms with E-state index in [9.17, 15) is 9.59 Å². The average Bonchev–Trinajstić information content (AvgIpc) is 3.17. The molecule has 0 radical (unpaired) electrons. The van der Waals surface area contributed by atoms with Gasteiger partial charge in [0.2, 0.25) is 11.8 Å². The third kappa shape index (κ3) is 3.08. The Labute approximate surface area is 114 Å². The molecule has 19 heavy (non-hydrogen) atoms. The van der Waals surface area contributed by atoms with Crippen LogP contribution in [0.3, 0.4) is 0 Å². The highest BCUT2D eigenvalue weighted by molar-refractivity contribution is 5.97. The molecule has 1 aliphatic carbocycles. The molecule has 1 saturated carbocycles. The third-order valence-electron chi connectivity index (χ3n) is 3.93. The van der Waals surface area contributed by atoms with Crippen LogP contribution in [0, 0.1) is 11.8 Å². The molecule has 2 atom stereocenters. The van der Waals surface area contributed by atoms with Crippen LogP contribution < -0.4 is 5.32 Å². The maximum absolute atomic E-state index is 12.5. The lowest BCUT2D eigenvalue weighted by atomic mass is 9.96. The van der Waals surface area contributed by atoms with E-state index in [0.717, 1.165) is 19.3 Å². The van der Waals surface area contributed by atoms with Gasteiger partial charge in [0.15, 0.2) is 0 Å². The van der Waals surface area contributed by atoms with Crippen molar-refractivity contribution in [3.63, 3.8) is 0 Å². The van der Waals surface area contributed by atoms with Crippen LogP contribution in [0.2, 0.25) is 0 Å². The summed E-state index contributed by atoms with van der Waals surface area (Å²) in [5, 5.41) is 2.90. The Balaban J connectivity index is 2.09. The highest BCUT2D eigenvalue weighted by Gasteiger charge is 2.48. The molecule has 108 valence electrons. The zero-order valence-electron chi connectivity index (χ0n) is 12.0. The van der Waals surface area contributed by atoms with E-state index in [-0.39, 0.29) is 29.8 Å². The van der Waals surface area contributed by atoms with Gasteiger partial charge in [0, 0.05) is 20.3 Å². The molecule has 0 spiro atoms. The first kappa shape index (κ1) is 14.3. The summed E-state index contributed by atoms with van der Waals surface area (Å²) in [6, 6.07) is -0.621. The molecule has 5 heteroatoms. The lowest BCUT2D eigenvalue weighted by Crippen LogP contribution is -2.65. The summed E-state index contributed by atoms with van der Waals surface area (Å²) in [4.78, 5) is 26.6. The van der Waals surface area contributed by atoms with E-state index < -0.39 is 0 Å². The fourth-order valence-corrected chi connectivity index (χ4v) is 2.72. The monoisotopic (exact) mass is 268 g/mol. The summed E-state index contributed by atoms with van der Waals surface area (Å²) < 4.78 is 5.04. The number of amides is 2. The van der Waals surface area contributed by atoms with Crippen molar-refractivity contribution in [3.05, 3.63) is 0 Å². The van der Waals surface area contributed by atoms with E-state index in [4.69, 9.17) is 4.74 Å². The zero-order chi connectivity index (χ0) is 14.0. The second-order valence-corrected chi connectivity index (χ2v) is 5.89. The SMILES string of the molecule is COCCCN1C(=O)C(C(C)C)NC(=O)C1C1CC1. The van der Waals surface area contributed by atoms with Gasteiger partial charge in [0.1, 0.15) is 12.1 Å². The van der Waals surface area contributed by atoms with Gasteiger partial charge in [-0.05, 0) is 31.1 Å². The van der Waals surface area contributed by atoms with Crippen molar-refractivity contribution >= 4 is 11.8 Å². The van der Waals surface area contributed by atoms with Gasteiger partial charge in [-0.15, -0.1) is 0 Å². The van der Waals surface area contributed by atoms with Gasteiger partial charge in [0.05, 0.1) is 0 Å². The van der Waals surface area contributed by atoms with Crippen molar-refractivity contribution < 1.29 is 14.3 Å². The van der Waals surface area contributed by atoms with Crippen LogP contribution in [0.5, 0.6) is 0 Å². The van der Waals surface area contributed by atoms with Crippen LogP contribution in [0.1, 0.15) is 33.1 Å². The fourth-order valence-electron chi connectivity index (χ4n) is 2.72. The number of hydrogen-bond donors (Lipinski definition) is 1. The van der Waals surface area contributed by atoms with Crippen LogP contribution in [0.4, 0.5) is 0 Å². The molecule has 0 bridgehead atoms. The summed E-state index contributed by atoms with van der Waals surface area (Å²) in [6.07, 6.45) is 2.89. The first-order valence-corrected chi connectivity index (χ1v) is 7.16. The van der Waals surface area contributed by atoms with E-state index in [2.05, 4.69) is 5.32 Å². The average molecular weight is 268 g/mol. The number of hydrogen-bond acceptors (Lipinski definition) is 3. The second-order valence-electron chi connectivity index (χ2n) is 5.89. The molecule has 0 aromatic heterocycles. The predicted molar refractivity (Wildman–Crippen MR) is 71.5 cm³/mol. The topological polar surface area (TPSA) is 58.6 Å². The van der Waals surface area contributed by atoms with Crippen LogP contribution in [0.25, 0.3) is 0 Å². The molecule has 2 amide bonds. The van der Waals surface area contributed by atoms with Crippen molar-refractivity contribution in [1.29, 1.82) is 0 Å². The summed E-state index contributed by atoms with van der Waals surface area (Å²) in [6.45, 7) is 5.17. The van der Waals surface area contributed by atoms with Crippen LogP contribution in [-0.4, -0.2) is 49.1 Å². The van der Waals surface area contributed by atoms with Crippen LogP contribution >= 0.6 is 0 Å². The van der Waals surface area contributed by atoms with Crippen molar-refractivity contribution in [3.8, 4) is 0 Å². The quantitative estimate of drug-likeness (QED) is 0.724. The summed E-state index contributed by atoms with van der Waals surface area (Å²) in [5.41, 5.74) is 0. The van der Waals surface area contributed by atoms with Gasteiger partial charge in [-0.3, -0.25) is 9.59 Å². The molecule has 0 aromatic rings. The van der Waals surface area contributed by atoms with Gasteiger partial charge >= 0.3 is 0 Å². The number of carbonyl (C=O) groups is 2. The Bertz CT molecular complexity index is 353. The van der Waals surface area contributed by atoms with Crippen molar-refractivity contribution in [2.24, 2.45) is 11.8 Å². The molecule has 1 N–H and O–H groups in total. The van der Waals surface area contributed by atoms with Crippen molar-refractivity contribution in [2.45, 2.75) is 45.2 Å². The molecule has 0 aromatic carbocycles. The highest BCUT2D eigenvalue weighted by Crippen LogP contribution is 2.37. The molecular formula is C14H24N2O3. The van der Waals surface area contributed by atoms with E-state index >= 15 is 0 Å². The number of nitrogens with one attached hydrogen (secondary N) is 1. The van der Waals surface area contributed by atoms with Gasteiger partial charge in [-0.1, -0.05) is 13.8 Å². The number of rotatable bonds is 6. The summed E-state index contributed by atoms with van der Waals surface area (Å²) >= 11 is 0. The number of nitrogens with zero attached hydrogens (tertiary/aromatic N) is 1. The molecule has 5 nitrogen and oxygen atoms in total. The molecule has 2 fully saturated rings. The molecule has 1 aliphatic heterocycles. The first-order valence-electron chi connectivity index (χ1n) is 7.16. The first-order chi connectivity index (χ1) is 9.06. The Morgan fingerprint density at radius 3 is 2.58 bits per heavy atom. The van der Waals surface area contributed by atoms with Crippen molar-refractivity contribution in [2.75, 3.05) is 20.3 Å². The second kappa shape index (κ2) is 5.90. The fraction of sp³-hybridized carbons (Fsp3) is 0.857. The van der Waals surface area contributed by atoms with Gasteiger partial charge in [-0.25, -0.2) is 0 Å². The molecule has 1 heterocycles. The van der Waals surface area contributed by atoms with E-state index in [1.165, 1.54) is 0 Å². The Kier molecular flexibility index (Phi) is 4.45. The number of carbonyl (C=O) groups excluding carboxylic acids is 2. The normalized spacial score (nSPS) is 27.9. The molecular weight excluding hydrogens is 244 g/mol. The minimum Gasteiger partial charge on any atom is -0.385 e. The highest BCUT2D eigenvalue weighted by atomic mass is 16.5. The molecule has 2 aliphatic rings. The van der Waals surface area contributed by atoms with E-state index in [1.807, 2.05) is 13.8 Å². The minimum absolute atomic E-state index is 0.0261. The smallest absolute Gasteiger partial charge is 0.246 e. The Hall–Kier alpha value is -1.10. The van der Waals surface area contributed by atoms with Gasteiger partial charge in [0.25, 0.3) is 0 Å². The van der Waals surface area contributed by atoms with Crippen molar-refractivity contribution in [1.82, 2.24) is 10.2 Å². The van der Waals surface area contributed by atoms with Gasteiger partial charge in [-0.2, -0.15) is 0 Å². The summed E-state index contributed by atoms with van der Waals surface area (Å²) in [7, 11) is 1.65. The summed E-state index contributed by atoms with van der Waals surface area (Å²) in [5.74, 6) is 0.585. The maximum Gasteiger partial charge on any atom is 0.246 e. The Morgan fingerprint density at radius 2 is 2.05 bits per heavy atom. The number of piperazine rings is 1. The number of methoxy groups -OCH3 is 1. The maximum atomic E-state index is 12.5. The lowest BCUT2D eigenvalue weighted by Gasteiger charge is -2.40. The van der Waals surface area contributed by atoms with Gasteiger partial charge < -0.3 is 15.0 Å². The third-order valence-corrected chi connectivity index (χ3v) is 3.93. The van der Waals surface area contributed by atoms with E-state index in [1.54, 1.807) is 12.0 Å². The molecule has 2 unspecified atom stereocenters. The Morgan fingerprint density at radius 1 is 1.37 bits per heavy atom. The van der Waals surface area contributed by atoms with Crippen LogP contribution in [-0.2, 0) is 14.3 Å². The molecule has 2 rings (SSSR count). The lowest BCUT2D eigenvalue weighted by molar-refractivity contribution is -0.151. The largest absolute Gasteiger partial charge is 0.385 e. The van der Waals surface area contributed by atoms with E-state index in [0.29, 0.717) is 19.1 Å². The number of ether oxygens (including phenoxy) is 1. The standard InChI is InChI=1S/C14H24N2O3/c1-9(2)11-14(18)16(7-4-8-19-3)12(10-5-6-10)13(17)15-11/h9-12H,4-8H2,1-3H3,(H,15,17). The predicted octanol–water partition coefficient (Wildman–Crippen LogP) is 0.784. The minimum atomic E-state index is -0.370. The molecule has 1 saturated heterocycles.